The minimum Gasteiger partial charge on any atom is -0.327 e. The third kappa shape index (κ3) is 4.06. The zero-order valence-corrected chi connectivity index (χ0v) is 12.3. The van der Waals surface area contributed by atoms with Gasteiger partial charge < -0.3 is 5.73 Å². The van der Waals surface area contributed by atoms with Crippen LogP contribution in [0, 0.1) is 6.92 Å². The molecular formula is C11H17BrN2O2S. The number of halogens is 1. The second kappa shape index (κ2) is 5.95. The molecule has 0 saturated heterocycles. The molecule has 0 bridgehead atoms. The Bertz CT molecular complexity index is 488. The van der Waals surface area contributed by atoms with Gasteiger partial charge in [-0.15, -0.1) is 0 Å². The minimum absolute atomic E-state index is 0.155. The van der Waals surface area contributed by atoms with Gasteiger partial charge in [-0.3, -0.25) is 0 Å². The van der Waals surface area contributed by atoms with Crippen molar-refractivity contribution >= 4 is 26.0 Å². The van der Waals surface area contributed by atoms with Crippen LogP contribution < -0.4 is 10.5 Å². The standard InChI is InChI=1S/C11H17BrN2O2S/c1-3-10(13)7-14-17(15,16)11-6-9(12)5-4-8(11)2/h4-6,10,14H,3,7,13H2,1-2H3. The Morgan fingerprint density at radius 1 is 1.47 bits per heavy atom. The fraction of sp³-hybridized carbons (Fsp3) is 0.455. The van der Waals surface area contributed by atoms with Crippen molar-refractivity contribution in [2.75, 3.05) is 6.54 Å². The maximum Gasteiger partial charge on any atom is 0.240 e. The molecule has 0 aromatic heterocycles. The average molecular weight is 321 g/mol. The Morgan fingerprint density at radius 3 is 2.71 bits per heavy atom. The zero-order chi connectivity index (χ0) is 13.1. The lowest BCUT2D eigenvalue weighted by atomic mass is 10.2. The molecule has 0 aliphatic heterocycles. The van der Waals surface area contributed by atoms with Gasteiger partial charge in [-0.2, -0.15) is 0 Å². The van der Waals surface area contributed by atoms with Crippen molar-refractivity contribution in [3.8, 4) is 0 Å². The highest BCUT2D eigenvalue weighted by Gasteiger charge is 2.17. The van der Waals surface area contributed by atoms with Crippen molar-refractivity contribution in [2.45, 2.75) is 31.2 Å². The maximum atomic E-state index is 12.0. The van der Waals surface area contributed by atoms with Crippen molar-refractivity contribution in [2.24, 2.45) is 5.73 Å². The molecule has 1 aromatic carbocycles. The first-order valence-electron chi connectivity index (χ1n) is 5.38. The van der Waals surface area contributed by atoms with Gasteiger partial charge in [0, 0.05) is 17.1 Å². The molecule has 17 heavy (non-hydrogen) atoms. The van der Waals surface area contributed by atoms with Gasteiger partial charge in [-0.05, 0) is 31.0 Å². The van der Waals surface area contributed by atoms with Crippen LogP contribution >= 0.6 is 15.9 Å². The van der Waals surface area contributed by atoms with E-state index in [1.807, 2.05) is 13.0 Å². The fourth-order valence-electron chi connectivity index (χ4n) is 1.30. The Balaban J connectivity index is 2.93. The Labute approximate surface area is 111 Å². The van der Waals surface area contributed by atoms with Gasteiger partial charge in [0.1, 0.15) is 0 Å². The molecule has 0 radical (unpaired) electrons. The molecule has 1 atom stereocenters. The molecule has 3 N–H and O–H groups in total. The summed E-state index contributed by atoms with van der Waals surface area (Å²) >= 11 is 3.27. The second-order valence-electron chi connectivity index (χ2n) is 3.93. The van der Waals surface area contributed by atoms with Crippen molar-refractivity contribution in [1.82, 2.24) is 4.72 Å². The molecule has 1 rings (SSSR count). The number of hydrogen-bond acceptors (Lipinski definition) is 3. The van der Waals surface area contributed by atoms with Crippen molar-refractivity contribution in [3.05, 3.63) is 28.2 Å². The van der Waals surface area contributed by atoms with Gasteiger partial charge in [0.2, 0.25) is 10.0 Å². The summed E-state index contributed by atoms with van der Waals surface area (Å²) < 4.78 is 27.3. The van der Waals surface area contributed by atoms with E-state index in [-0.39, 0.29) is 17.5 Å². The molecule has 0 aliphatic carbocycles. The van der Waals surface area contributed by atoms with E-state index in [4.69, 9.17) is 5.73 Å². The van der Waals surface area contributed by atoms with Crippen LogP contribution in [0.1, 0.15) is 18.9 Å². The van der Waals surface area contributed by atoms with Gasteiger partial charge in [0.25, 0.3) is 0 Å². The molecule has 4 nitrogen and oxygen atoms in total. The normalized spacial score (nSPS) is 13.6. The molecule has 0 saturated carbocycles. The SMILES string of the molecule is CCC(N)CNS(=O)(=O)c1cc(Br)ccc1C. The number of benzene rings is 1. The fourth-order valence-corrected chi connectivity index (χ4v) is 3.18. The summed E-state index contributed by atoms with van der Waals surface area (Å²) in [7, 11) is -3.48. The molecule has 6 heteroatoms. The smallest absolute Gasteiger partial charge is 0.240 e. The summed E-state index contributed by atoms with van der Waals surface area (Å²) in [6, 6.07) is 5.01. The molecule has 0 aliphatic rings. The van der Waals surface area contributed by atoms with Crippen LogP contribution in [0.2, 0.25) is 0 Å². The number of rotatable bonds is 5. The van der Waals surface area contributed by atoms with Crippen LogP contribution in [0.3, 0.4) is 0 Å². The van der Waals surface area contributed by atoms with Crippen LogP contribution in [0.5, 0.6) is 0 Å². The molecule has 0 fully saturated rings. The van der Waals surface area contributed by atoms with Crippen molar-refractivity contribution in [1.29, 1.82) is 0 Å². The number of sulfonamides is 1. The summed E-state index contributed by atoms with van der Waals surface area (Å²) in [4.78, 5) is 0.287. The van der Waals surface area contributed by atoms with E-state index < -0.39 is 10.0 Å². The Morgan fingerprint density at radius 2 is 2.12 bits per heavy atom. The number of nitrogens with one attached hydrogen (secondary N) is 1. The molecule has 0 heterocycles. The lowest BCUT2D eigenvalue weighted by molar-refractivity contribution is 0.563. The predicted molar refractivity (Wildman–Crippen MR) is 72.3 cm³/mol. The number of hydrogen-bond donors (Lipinski definition) is 2. The summed E-state index contributed by atoms with van der Waals surface area (Å²) in [5.41, 5.74) is 6.40. The van der Waals surface area contributed by atoms with Crippen LogP contribution in [0.4, 0.5) is 0 Å². The molecule has 1 aromatic rings. The van der Waals surface area contributed by atoms with E-state index in [9.17, 15) is 8.42 Å². The van der Waals surface area contributed by atoms with Gasteiger partial charge >= 0.3 is 0 Å². The van der Waals surface area contributed by atoms with Crippen LogP contribution in [0.25, 0.3) is 0 Å². The van der Waals surface area contributed by atoms with Gasteiger partial charge in [0.05, 0.1) is 4.90 Å². The maximum absolute atomic E-state index is 12.0. The third-order valence-corrected chi connectivity index (χ3v) is 4.56. The van der Waals surface area contributed by atoms with E-state index in [0.29, 0.717) is 5.56 Å². The first-order chi connectivity index (χ1) is 7.86. The highest BCUT2D eigenvalue weighted by Crippen LogP contribution is 2.20. The summed E-state index contributed by atoms with van der Waals surface area (Å²) in [5, 5.41) is 0. The topological polar surface area (TPSA) is 72.2 Å². The molecule has 96 valence electrons. The third-order valence-electron chi connectivity index (χ3n) is 2.50. The molecular weight excluding hydrogens is 304 g/mol. The summed E-state index contributed by atoms with van der Waals surface area (Å²) in [6.45, 7) is 3.94. The van der Waals surface area contributed by atoms with E-state index in [2.05, 4.69) is 20.7 Å². The van der Waals surface area contributed by atoms with Crippen LogP contribution in [-0.4, -0.2) is 21.0 Å². The largest absolute Gasteiger partial charge is 0.327 e. The van der Waals surface area contributed by atoms with Gasteiger partial charge in [-0.1, -0.05) is 28.9 Å². The lowest BCUT2D eigenvalue weighted by Gasteiger charge is -2.12. The van der Waals surface area contributed by atoms with Gasteiger partial charge in [0.15, 0.2) is 0 Å². The molecule has 0 amide bonds. The minimum atomic E-state index is -3.48. The highest BCUT2D eigenvalue weighted by atomic mass is 79.9. The summed E-state index contributed by atoms with van der Waals surface area (Å²) in [6.07, 6.45) is 0.736. The zero-order valence-electron chi connectivity index (χ0n) is 9.90. The predicted octanol–water partition coefficient (Wildman–Crippen LogP) is 1.77. The van der Waals surface area contributed by atoms with E-state index in [1.165, 1.54) is 0 Å². The van der Waals surface area contributed by atoms with E-state index in [0.717, 1.165) is 10.9 Å². The van der Waals surface area contributed by atoms with E-state index in [1.54, 1.807) is 19.1 Å². The van der Waals surface area contributed by atoms with Gasteiger partial charge in [-0.25, -0.2) is 13.1 Å². The Kier molecular flexibility index (Phi) is 5.12. The quantitative estimate of drug-likeness (QED) is 0.868. The number of nitrogens with two attached hydrogens (primary N) is 1. The number of aryl methyl sites for hydroxylation is 1. The van der Waals surface area contributed by atoms with Crippen molar-refractivity contribution < 1.29 is 8.42 Å². The lowest BCUT2D eigenvalue weighted by Crippen LogP contribution is -2.36. The average Bonchev–Trinajstić information content (AvgIpc) is 2.29. The first-order valence-corrected chi connectivity index (χ1v) is 7.66. The van der Waals surface area contributed by atoms with Crippen LogP contribution in [0.15, 0.2) is 27.6 Å². The monoisotopic (exact) mass is 320 g/mol. The summed E-state index contributed by atoms with van der Waals surface area (Å²) in [5.74, 6) is 0. The molecule has 1 unspecified atom stereocenters. The first kappa shape index (κ1) is 14.6. The van der Waals surface area contributed by atoms with Crippen molar-refractivity contribution in [3.63, 3.8) is 0 Å². The highest BCUT2D eigenvalue weighted by molar-refractivity contribution is 9.10. The second-order valence-corrected chi connectivity index (χ2v) is 6.58. The molecule has 0 spiro atoms. The Hall–Kier alpha value is -0.430. The van der Waals surface area contributed by atoms with E-state index >= 15 is 0 Å². The van der Waals surface area contributed by atoms with Crippen LogP contribution in [-0.2, 0) is 10.0 Å².